The maximum absolute atomic E-state index is 12.0. The smallest absolute Gasteiger partial charge is 0.316 e. The molecule has 152 valence electrons. The van der Waals surface area contributed by atoms with Gasteiger partial charge in [0.1, 0.15) is 12.3 Å². The minimum atomic E-state index is -0.531. The summed E-state index contributed by atoms with van der Waals surface area (Å²) >= 11 is 9.07. The Hall–Kier alpha value is -2.92. The van der Waals surface area contributed by atoms with Crippen molar-refractivity contribution in [3.8, 4) is 5.75 Å². The number of nitrogens with one attached hydrogen (secondary N) is 2. The van der Waals surface area contributed by atoms with Crippen molar-refractivity contribution < 1.29 is 18.8 Å². The van der Waals surface area contributed by atoms with Gasteiger partial charge in [-0.2, -0.15) is 10.1 Å². The maximum atomic E-state index is 12.0. The number of hydrogen-bond donors (Lipinski definition) is 2. The molecule has 0 saturated carbocycles. The van der Waals surface area contributed by atoms with Crippen LogP contribution in [0.15, 0.2) is 45.7 Å². The van der Waals surface area contributed by atoms with Gasteiger partial charge in [0, 0.05) is 24.3 Å². The number of nitrogens with zero attached hydrogens (tertiary/aromatic N) is 4. The van der Waals surface area contributed by atoms with E-state index in [2.05, 4.69) is 41.8 Å². The molecule has 1 aromatic carbocycles. The second-order valence-corrected chi connectivity index (χ2v) is 7.07. The number of amides is 2. The first-order valence-corrected chi connectivity index (χ1v) is 9.60. The highest BCUT2D eigenvalue weighted by Gasteiger charge is 2.15. The minimum Gasteiger partial charge on any atom is -0.484 e. The van der Waals surface area contributed by atoms with Gasteiger partial charge in [-0.25, -0.2) is 0 Å². The zero-order valence-electron chi connectivity index (χ0n) is 15.0. The van der Waals surface area contributed by atoms with Crippen molar-refractivity contribution in [1.29, 1.82) is 0 Å². The van der Waals surface area contributed by atoms with Gasteiger partial charge in [-0.05, 0) is 40.2 Å². The molecule has 0 aliphatic carbocycles. The minimum absolute atomic E-state index is 0.147. The molecule has 2 N–H and O–H groups in total. The summed E-state index contributed by atoms with van der Waals surface area (Å²) in [6.45, 7) is 0.532. The molecule has 2 amide bonds. The van der Waals surface area contributed by atoms with Crippen molar-refractivity contribution >= 4 is 39.3 Å². The zero-order valence-corrected chi connectivity index (χ0v) is 17.3. The third-order valence-electron chi connectivity index (χ3n) is 3.48. The molecule has 0 atom stereocenters. The molecule has 2 aromatic heterocycles. The molecular formula is C17H16BrClN6O4. The molecule has 10 nitrogen and oxygen atoms in total. The van der Waals surface area contributed by atoms with Crippen LogP contribution in [0.1, 0.15) is 16.5 Å². The molecule has 3 rings (SSSR count). The van der Waals surface area contributed by atoms with Gasteiger partial charge in [0.15, 0.2) is 12.4 Å². The molecule has 0 radical (unpaired) electrons. The van der Waals surface area contributed by atoms with Crippen molar-refractivity contribution in [2.45, 2.75) is 6.54 Å². The number of ether oxygens (including phenoxy) is 1. The fraction of sp³-hybridized carbons (Fsp3) is 0.235. The molecule has 2 heterocycles. The first kappa shape index (κ1) is 20.8. The van der Waals surface area contributed by atoms with Crippen molar-refractivity contribution in [2.24, 2.45) is 0 Å². The Morgan fingerprint density at radius 1 is 1.21 bits per heavy atom. The summed E-state index contributed by atoms with van der Waals surface area (Å²) in [6.07, 6.45) is 3.37. The summed E-state index contributed by atoms with van der Waals surface area (Å²) in [4.78, 5) is 27.8. The van der Waals surface area contributed by atoms with E-state index in [4.69, 9.17) is 20.9 Å². The molecule has 29 heavy (non-hydrogen) atoms. The highest BCUT2D eigenvalue weighted by Crippen LogP contribution is 2.15. The number of rotatable bonds is 9. The van der Waals surface area contributed by atoms with Crippen LogP contribution >= 0.6 is 27.5 Å². The summed E-state index contributed by atoms with van der Waals surface area (Å²) in [7, 11) is 0. The van der Waals surface area contributed by atoms with Gasteiger partial charge in [-0.3, -0.25) is 14.3 Å². The van der Waals surface area contributed by atoms with Crippen LogP contribution in [0.5, 0.6) is 5.75 Å². The third-order valence-corrected chi connectivity index (χ3v) is 4.15. The van der Waals surface area contributed by atoms with Crippen LogP contribution in [-0.2, 0) is 11.3 Å². The van der Waals surface area contributed by atoms with Gasteiger partial charge in [0.05, 0.1) is 10.7 Å². The van der Waals surface area contributed by atoms with E-state index in [9.17, 15) is 9.59 Å². The Morgan fingerprint density at radius 2 is 1.97 bits per heavy atom. The number of carbonyl (C=O) groups excluding carboxylic acids is 2. The van der Waals surface area contributed by atoms with Gasteiger partial charge in [-0.15, -0.1) is 0 Å². The van der Waals surface area contributed by atoms with E-state index in [1.54, 1.807) is 41.3 Å². The van der Waals surface area contributed by atoms with Crippen LogP contribution in [0.25, 0.3) is 0 Å². The Morgan fingerprint density at radius 3 is 2.69 bits per heavy atom. The van der Waals surface area contributed by atoms with Crippen molar-refractivity contribution in [1.82, 2.24) is 30.6 Å². The van der Waals surface area contributed by atoms with Gasteiger partial charge in [0.25, 0.3) is 5.91 Å². The van der Waals surface area contributed by atoms with E-state index in [-0.39, 0.29) is 38.0 Å². The number of carbonyl (C=O) groups is 2. The van der Waals surface area contributed by atoms with Crippen molar-refractivity contribution in [3.63, 3.8) is 0 Å². The largest absolute Gasteiger partial charge is 0.484 e. The summed E-state index contributed by atoms with van der Waals surface area (Å²) < 4.78 is 12.7. The molecule has 0 saturated heterocycles. The highest BCUT2D eigenvalue weighted by atomic mass is 79.9. The van der Waals surface area contributed by atoms with Gasteiger partial charge >= 0.3 is 11.8 Å². The molecule has 0 fully saturated rings. The molecule has 0 unspecified atom stereocenters. The van der Waals surface area contributed by atoms with Crippen LogP contribution in [0, 0.1) is 0 Å². The van der Waals surface area contributed by atoms with E-state index >= 15 is 0 Å². The van der Waals surface area contributed by atoms with Gasteiger partial charge in [0.2, 0.25) is 0 Å². The number of benzene rings is 1. The van der Waals surface area contributed by atoms with Gasteiger partial charge in [-0.1, -0.05) is 16.8 Å². The first-order valence-electron chi connectivity index (χ1n) is 8.43. The fourth-order valence-electron chi connectivity index (χ4n) is 2.16. The lowest BCUT2D eigenvalue weighted by Gasteiger charge is -2.07. The van der Waals surface area contributed by atoms with Crippen molar-refractivity contribution in [3.05, 3.63) is 57.9 Å². The lowest BCUT2D eigenvalue weighted by Crippen LogP contribution is -2.36. The number of hydrogen-bond acceptors (Lipinski definition) is 7. The Kier molecular flexibility index (Phi) is 7.19. The average Bonchev–Trinajstić information content (AvgIpc) is 3.34. The van der Waals surface area contributed by atoms with Crippen LogP contribution < -0.4 is 15.4 Å². The van der Waals surface area contributed by atoms with Gasteiger partial charge < -0.3 is 19.9 Å². The quantitative estimate of drug-likeness (QED) is 0.444. The third kappa shape index (κ3) is 6.57. The first-order chi connectivity index (χ1) is 14.0. The number of halogens is 2. The van der Waals surface area contributed by atoms with Crippen LogP contribution in [-0.4, -0.2) is 51.4 Å². The van der Waals surface area contributed by atoms with E-state index in [1.807, 2.05) is 0 Å². The van der Waals surface area contributed by atoms with Crippen LogP contribution in [0.4, 0.5) is 0 Å². The summed E-state index contributed by atoms with van der Waals surface area (Å²) in [5, 5.41) is 13.6. The predicted molar refractivity (Wildman–Crippen MR) is 106 cm³/mol. The Balaban J connectivity index is 1.34. The van der Waals surface area contributed by atoms with E-state index in [1.165, 1.54) is 0 Å². The second kappa shape index (κ2) is 10.0. The summed E-state index contributed by atoms with van der Waals surface area (Å²) in [5.74, 6) is -0.161. The zero-order chi connectivity index (χ0) is 20.6. The lowest BCUT2D eigenvalue weighted by atomic mass is 10.3. The van der Waals surface area contributed by atoms with E-state index in [0.717, 1.165) is 4.47 Å². The average molecular weight is 484 g/mol. The molecule has 12 heteroatoms. The highest BCUT2D eigenvalue weighted by molar-refractivity contribution is 9.10. The molecule has 0 aliphatic rings. The summed E-state index contributed by atoms with van der Waals surface area (Å²) in [5.41, 5.74) is 0. The number of aromatic nitrogens is 4. The molecular weight excluding hydrogens is 468 g/mol. The lowest BCUT2D eigenvalue weighted by molar-refractivity contribution is -0.123. The normalized spacial score (nSPS) is 10.6. The molecule has 0 bridgehead atoms. The van der Waals surface area contributed by atoms with E-state index < -0.39 is 5.91 Å². The van der Waals surface area contributed by atoms with E-state index in [0.29, 0.717) is 16.6 Å². The van der Waals surface area contributed by atoms with Crippen LogP contribution in [0.2, 0.25) is 5.02 Å². The SMILES string of the molecule is O=C(COc1ccc(Cl)cc1)NCCNC(=O)c1nc(Cn2cc(Br)cn2)no1. The Bertz CT molecular complexity index is 974. The monoisotopic (exact) mass is 482 g/mol. The predicted octanol–water partition coefficient (Wildman–Crippen LogP) is 1.66. The fourth-order valence-corrected chi connectivity index (χ4v) is 2.62. The molecule has 3 aromatic rings. The summed E-state index contributed by atoms with van der Waals surface area (Å²) in [6, 6.07) is 6.67. The maximum Gasteiger partial charge on any atom is 0.316 e. The molecule has 0 aliphatic heterocycles. The van der Waals surface area contributed by atoms with Crippen molar-refractivity contribution in [2.75, 3.05) is 19.7 Å². The topological polar surface area (TPSA) is 124 Å². The molecule has 0 spiro atoms. The standard InChI is InChI=1S/C17H16BrClN6O4/c18-11-7-22-25(8-11)9-14-23-17(29-24-14)16(27)21-6-5-20-15(26)10-28-13-3-1-12(19)2-4-13/h1-4,7-8H,5-6,9-10H2,(H,20,26)(H,21,27). The Labute approximate surface area is 178 Å². The second-order valence-electron chi connectivity index (χ2n) is 5.72. The van der Waals surface area contributed by atoms with Crippen LogP contribution in [0.3, 0.4) is 0 Å².